The average Bonchev–Trinajstić information content (AvgIpc) is 3.19. The number of fused-ring (bicyclic) bond motifs is 3. The molecule has 0 amide bonds. The van der Waals surface area contributed by atoms with Crippen LogP contribution in [0.3, 0.4) is 0 Å². The first-order valence-corrected chi connectivity index (χ1v) is 7.85. The molecule has 0 radical (unpaired) electrons. The molecule has 1 atom stereocenters. The lowest BCUT2D eigenvalue weighted by Gasteiger charge is -2.36. The number of rotatable bonds is 4. The minimum atomic E-state index is 0.199. The summed E-state index contributed by atoms with van der Waals surface area (Å²) in [5.41, 5.74) is 0.917. The van der Waals surface area contributed by atoms with Gasteiger partial charge < -0.3 is 4.90 Å². The Balaban J connectivity index is 1.79. The Hall–Kier alpha value is -1.69. The van der Waals surface area contributed by atoms with Gasteiger partial charge in [-0.15, -0.1) is 10.2 Å². The van der Waals surface area contributed by atoms with Crippen LogP contribution in [0, 0.1) is 5.92 Å². The van der Waals surface area contributed by atoms with Crippen molar-refractivity contribution in [2.75, 3.05) is 11.4 Å². The van der Waals surface area contributed by atoms with E-state index in [1.54, 1.807) is 12.5 Å². The Morgan fingerprint density at radius 2 is 2.24 bits per heavy atom. The molecule has 110 valence electrons. The number of halogens is 1. The second kappa shape index (κ2) is 4.94. The van der Waals surface area contributed by atoms with Crippen LogP contribution in [0.5, 0.6) is 0 Å². The molecule has 1 aliphatic carbocycles. The molecule has 0 N–H and O–H groups in total. The maximum atomic E-state index is 6.02. The molecule has 21 heavy (non-hydrogen) atoms. The Morgan fingerprint density at radius 3 is 3.00 bits per heavy atom. The van der Waals surface area contributed by atoms with Crippen molar-refractivity contribution in [2.45, 2.75) is 38.6 Å². The van der Waals surface area contributed by atoms with Gasteiger partial charge in [-0.25, -0.2) is 4.98 Å². The Bertz CT molecular complexity index is 665. The van der Waals surface area contributed by atoms with Gasteiger partial charge in [0.05, 0.1) is 12.2 Å². The van der Waals surface area contributed by atoms with Crippen LogP contribution < -0.4 is 4.90 Å². The van der Waals surface area contributed by atoms with Crippen LogP contribution in [0.1, 0.15) is 44.5 Å². The standard InChI is InChI=1S/C14H17ClN6/c1-2-10-13-19-17-8-21(13)11-7-16-14(15)18-12(11)20(10)6-5-9-3-4-9/h7-10H,2-6H2,1H3/t10-/m1/s1. The zero-order valence-corrected chi connectivity index (χ0v) is 12.7. The van der Waals surface area contributed by atoms with Gasteiger partial charge in [-0.2, -0.15) is 4.98 Å². The fourth-order valence-corrected chi connectivity index (χ4v) is 3.19. The summed E-state index contributed by atoms with van der Waals surface area (Å²) < 4.78 is 1.98. The van der Waals surface area contributed by atoms with E-state index in [1.807, 2.05) is 4.57 Å². The number of anilines is 1. The third-order valence-corrected chi connectivity index (χ3v) is 4.54. The molecule has 2 aromatic heterocycles. The van der Waals surface area contributed by atoms with E-state index in [-0.39, 0.29) is 11.3 Å². The molecule has 2 aromatic rings. The Morgan fingerprint density at radius 1 is 1.38 bits per heavy atom. The highest BCUT2D eigenvalue weighted by molar-refractivity contribution is 6.28. The van der Waals surface area contributed by atoms with Crippen LogP contribution >= 0.6 is 11.6 Å². The van der Waals surface area contributed by atoms with E-state index < -0.39 is 0 Å². The number of aromatic nitrogens is 5. The first kappa shape index (κ1) is 13.0. The summed E-state index contributed by atoms with van der Waals surface area (Å²) in [5.74, 6) is 2.74. The molecule has 2 aliphatic rings. The average molecular weight is 305 g/mol. The molecule has 0 spiro atoms. The summed E-state index contributed by atoms with van der Waals surface area (Å²) >= 11 is 6.02. The largest absolute Gasteiger partial charge is 0.344 e. The number of hydrogen-bond acceptors (Lipinski definition) is 5. The van der Waals surface area contributed by atoms with Crippen LogP contribution in [-0.4, -0.2) is 31.3 Å². The van der Waals surface area contributed by atoms with E-state index in [4.69, 9.17) is 11.6 Å². The summed E-state index contributed by atoms with van der Waals surface area (Å²) in [6, 6.07) is 0.199. The fourth-order valence-electron chi connectivity index (χ4n) is 3.06. The predicted octanol–water partition coefficient (Wildman–Crippen LogP) is 2.78. The van der Waals surface area contributed by atoms with Crippen LogP contribution in [-0.2, 0) is 0 Å². The molecular weight excluding hydrogens is 288 g/mol. The second-order valence-corrected chi connectivity index (χ2v) is 6.09. The van der Waals surface area contributed by atoms with Crippen molar-refractivity contribution < 1.29 is 0 Å². The van der Waals surface area contributed by atoms with Crippen molar-refractivity contribution >= 4 is 17.4 Å². The summed E-state index contributed by atoms with van der Waals surface area (Å²) in [6.07, 6.45) is 8.37. The van der Waals surface area contributed by atoms with E-state index in [2.05, 4.69) is 32.0 Å². The lowest BCUT2D eigenvalue weighted by molar-refractivity contribution is 0.518. The van der Waals surface area contributed by atoms with Crippen LogP contribution in [0.25, 0.3) is 5.69 Å². The zero-order chi connectivity index (χ0) is 14.4. The summed E-state index contributed by atoms with van der Waals surface area (Å²) in [6.45, 7) is 3.15. The van der Waals surface area contributed by atoms with E-state index in [0.717, 1.165) is 36.2 Å². The van der Waals surface area contributed by atoms with Crippen LogP contribution in [0.2, 0.25) is 5.28 Å². The molecule has 7 heteroatoms. The highest BCUT2D eigenvalue weighted by Crippen LogP contribution is 2.40. The quantitative estimate of drug-likeness (QED) is 0.813. The van der Waals surface area contributed by atoms with Crippen molar-refractivity contribution in [3.8, 4) is 5.69 Å². The molecule has 6 nitrogen and oxygen atoms in total. The first-order chi connectivity index (χ1) is 10.3. The van der Waals surface area contributed by atoms with E-state index >= 15 is 0 Å². The number of nitrogens with zero attached hydrogens (tertiary/aromatic N) is 6. The third kappa shape index (κ3) is 2.18. The topological polar surface area (TPSA) is 59.7 Å². The highest BCUT2D eigenvalue weighted by atomic mass is 35.5. The summed E-state index contributed by atoms with van der Waals surface area (Å²) in [4.78, 5) is 10.9. The maximum absolute atomic E-state index is 6.02. The molecular formula is C14H17ClN6. The lowest BCUT2D eigenvalue weighted by atomic mass is 10.1. The van der Waals surface area contributed by atoms with Crippen LogP contribution in [0.4, 0.5) is 5.82 Å². The molecule has 0 aromatic carbocycles. The van der Waals surface area contributed by atoms with E-state index in [1.165, 1.54) is 19.3 Å². The van der Waals surface area contributed by atoms with Crippen LogP contribution in [0.15, 0.2) is 12.5 Å². The van der Waals surface area contributed by atoms with Gasteiger partial charge in [0.15, 0.2) is 11.6 Å². The van der Waals surface area contributed by atoms with E-state index in [9.17, 15) is 0 Å². The molecule has 0 unspecified atom stereocenters. The highest BCUT2D eigenvalue weighted by Gasteiger charge is 2.34. The maximum Gasteiger partial charge on any atom is 0.224 e. The predicted molar refractivity (Wildman–Crippen MR) is 79.7 cm³/mol. The van der Waals surface area contributed by atoms with Gasteiger partial charge in [-0.1, -0.05) is 19.8 Å². The van der Waals surface area contributed by atoms with Gasteiger partial charge >= 0.3 is 0 Å². The molecule has 4 rings (SSSR count). The van der Waals surface area contributed by atoms with Crippen molar-refractivity contribution in [3.05, 3.63) is 23.6 Å². The SMILES string of the molecule is CC[C@@H]1c2nncn2-c2cnc(Cl)nc2N1CCC1CC1. The summed E-state index contributed by atoms with van der Waals surface area (Å²) in [5, 5.41) is 8.66. The lowest BCUT2D eigenvalue weighted by Crippen LogP contribution is -2.36. The smallest absolute Gasteiger partial charge is 0.224 e. The van der Waals surface area contributed by atoms with Gasteiger partial charge in [-0.3, -0.25) is 4.57 Å². The van der Waals surface area contributed by atoms with Crippen molar-refractivity contribution in [3.63, 3.8) is 0 Å². The van der Waals surface area contributed by atoms with Gasteiger partial charge in [0.25, 0.3) is 0 Å². The minimum absolute atomic E-state index is 0.199. The molecule has 3 heterocycles. The zero-order valence-electron chi connectivity index (χ0n) is 11.9. The van der Waals surface area contributed by atoms with Gasteiger partial charge in [-0.05, 0) is 30.4 Å². The fraction of sp³-hybridized carbons (Fsp3) is 0.571. The third-order valence-electron chi connectivity index (χ3n) is 4.36. The molecule has 1 fully saturated rings. The normalized spacial score (nSPS) is 20.3. The first-order valence-electron chi connectivity index (χ1n) is 7.47. The van der Waals surface area contributed by atoms with Crippen molar-refractivity contribution in [1.82, 2.24) is 24.7 Å². The molecule has 1 aliphatic heterocycles. The van der Waals surface area contributed by atoms with Crippen molar-refractivity contribution in [2.24, 2.45) is 5.92 Å². The second-order valence-electron chi connectivity index (χ2n) is 5.76. The van der Waals surface area contributed by atoms with E-state index in [0.29, 0.717) is 0 Å². The van der Waals surface area contributed by atoms with Gasteiger partial charge in [0.2, 0.25) is 5.28 Å². The minimum Gasteiger partial charge on any atom is -0.344 e. The van der Waals surface area contributed by atoms with Crippen molar-refractivity contribution in [1.29, 1.82) is 0 Å². The number of hydrogen-bond donors (Lipinski definition) is 0. The Labute approximate surface area is 128 Å². The molecule has 0 saturated heterocycles. The van der Waals surface area contributed by atoms with Gasteiger partial charge in [0.1, 0.15) is 12.0 Å². The molecule has 1 saturated carbocycles. The summed E-state index contributed by atoms with van der Waals surface area (Å²) in [7, 11) is 0. The molecule has 0 bridgehead atoms. The van der Waals surface area contributed by atoms with Gasteiger partial charge in [0, 0.05) is 6.54 Å². The monoisotopic (exact) mass is 304 g/mol. The Kier molecular flexibility index (Phi) is 3.06.